The van der Waals surface area contributed by atoms with Gasteiger partial charge < -0.3 is 4.74 Å². The van der Waals surface area contributed by atoms with Gasteiger partial charge in [0, 0.05) is 6.54 Å². The number of ether oxygens (including phenoxy) is 1. The second-order valence-corrected chi connectivity index (χ2v) is 4.98. The number of rotatable bonds is 3. The summed E-state index contributed by atoms with van der Waals surface area (Å²) in [6, 6.07) is 5.45. The number of amides is 2. The van der Waals surface area contributed by atoms with Crippen LogP contribution in [0.2, 0.25) is 0 Å². The lowest BCUT2D eigenvalue weighted by molar-refractivity contribution is -0.128. The van der Waals surface area contributed by atoms with Crippen molar-refractivity contribution in [3.8, 4) is 5.75 Å². The second kappa shape index (κ2) is 6.05. The molecule has 1 aromatic carbocycles. The van der Waals surface area contributed by atoms with E-state index in [1.54, 1.807) is 32.2 Å². The molecule has 0 aromatic heterocycles. The molecule has 0 spiro atoms. The molecule has 6 heteroatoms. The number of likely N-dealkylation sites (N-methyl/N-ethyl adjacent to an activating group) is 1. The van der Waals surface area contributed by atoms with Gasteiger partial charge in [-0.2, -0.15) is 0 Å². The molecule has 1 fully saturated rings. The zero-order valence-corrected chi connectivity index (χ0v) is 12.9. The summed E-state index contributed by atoms with van der Waals surface area (Å²) >= 11 is 4.98. The summed E-state index contributed by atoms with van der Waals surface area (Å²) in [6.45, 7) is 4.12. The van der Waals surface area contributed by atoms with Crippen molar-refractivity contribution in [3.63, 3.8) is 0 Å². The Hall–Kier alpha value is -2.21. The van der Waals surface area contributed by atoms with E-state index >= 15 is 0 Å². The predicted octanol–water partition coefficient (Wildman–Crippen LogP) is 1.65. The lowest BCUT2D eigenvalue weighted by Crippen LogP contribution is -2.53. The molecule has 1 aromatic rings. The van der Waals surface area contributed by atoms with Crippen molar-refractivity contribution in [1.82, 2.24) is 10.2 Å². The van der Waals surface area contributed by atoms with Gasteiger partial charge >= 0.3 is 0 Å². The van der Waals surface area contributed by atoms with Crippen molar-refractivity contribution in [2.24, 2.45) is 0 Å². The van der Waals surface area contributed by atoms with E-state index in [4.69, 9.17) is 17.0 Å². The van der Waals surface area contributed by atoms with Gasteiger partial charge in [0.05, 0.1) is 7.11 Å². The fraction of sp³-hybridized carbons (Fsp3) is 0.267. The smallest absolute Gasteiger partial charge is 0.265 e. The predicted molar refractivity (Wildman–Crippen MR) is 83.8 cm³/mol. The minimum atomic E-state index is -0.469. The number of nitrogens with one attached hydrogen (secondary N) is 1. The van der Waals surface area contributed by atoms with Crippen molar-refractivity contribution in [2.45, 2.75) is 13.8 Å². The first-order valence-electron chi connectivity index (χ1n) is 6.51. The summed E-state index contributed by atoms with van der Waals surface area (Å²) in [5, 5.41) is 2.67. The van der Waals surface area contributed by atoms with E-state index in [0.29, 0.717) is 6.54 Å². The standard InChI is InChI=1S/C15H16N2O3S/c1-4-17-14(19)11(13(18)16-15(17)21)8-10-5-6-12(20-3)9(2)7-10/h5-8H,4H2,1-3H3,(H,16,18,21)/b11-8+. The maximum atomic E-state index is 12.3. The largest absolute Gasteiger partial charge is 0.496 e. The second-order valence-electron chi connectivity index (χ2n) is 4.60. The highest BCUT2D eigenvalue weighted by atomic mass is 32.1. The van der Waals surface area contributed by atoms with E-state index in [0.717, 1.165) is 16.9 Å². The van der Waals surface area contributed by atoms with Gasteiger partial charge in [0.15, 0.2) is 5.11 Å². The number of methoxy groups -OCH3 is 1. The van der Waals surface area contributed by atoms with Crippen LogP contribution in [0.25, 0.3) is 6.08 Å². The minimum Gasteiger partial charge on any atom is -0.496 e. The third kappa shape index (κ3) is 2.95. The van der Waals surface area contributed by atoms with Crippen LogP contribution in [0.1, 0.15) is 18.1 Å². The minimum absolute atomic E-state index is 0.0787. The molecule has 0 aliphatic carbocycles. The summed E-state index contributed by atoms with van der Waals surface area (Å²) in [5.41, 5.74) is 1.77. The molecule has 5 nitrogen and oxygen atoms in total. The van der Waals surface area contributed by atoms with Crippen molar-refractivity contribution in [1.29, 1.82) is 0 Å². The SMILES string of the molecule is CCN1C(=O)/C(=C/c2ccc(OC)c(C)c2)C(=O)NC1=S. The fourth-order valence-electron chi connectivity index (χ4n) is 2.14. The summed E-state index contributed by atoms with van der Waals surface area (Å²) in [7, 11) is 1.60. The molecule has 1 saturated heterocycles. The molecule has 0 saturated carbocycles. The van der Waals surface area contributed by atoms with Gasteiger partial charge in [0.1, 0.15) is 11.3 Å². The number of aryl methyl sites for hydroxylation is 1. The van der Waals surface area contributed by atoms with E-state index in [1.165, 1.54) is 4.90 Å². The number of benzene rings is 1. The number of hydrogen-bond acceptors (Lipinski definition) is 4. The Labute approximate surface area is 128 Å². The average molecular weight is 304 g/mol. The number of hydrogen-bond donors (Lipinski definition) is 1. The van der Waals surface area contributed by atoms with Crippen LogP contribution in [-0.2, 0) is 9.59 Å². The Morgan fingerprint density at radius 1 is 1.38 bits per heavy atom. The first-order valence-corrected chi connectivity index (χ1v) is 6.92. The van der Waals surface area contributed by atoms with Crippen LogP contribution in [0.3, 0.4) is 0 Å². The molecule has 1 heterocycles. The molecule has 2 amide bonds. The molecular weight excluding hydrogens is 288 g/mol. The molecule has 21 heavy (non-hydrogen) atoms. The Bertz CT molecular complexity index is 652. The average Bonchev–Trinajstić information content (AvgIpc) is 2.44. The van der Waals surface area contributed by atoms with E-state index in [1.807, 2.05) is 13.0 Å². The van der Waals surface area contributed by atoms with Crippen molar-refractivity contribution < 1.29 is 14.3 Å². The Morgan fingerprint density at radius 3 is 2.67 bits per heavy atom. The maximum Gasteiger partial charge on any atom is 0.265 e. The fourth-order valence-corrected chi connectivity index (χ4v) is 2.44. The van der Waals surface area contributed by atoms with Gasteiger partial charge in [-0.15, -0.1) is 0 Å². The molecule has 0 unspecified atom stereocenters. The van der Waals surface area contributed by atoms with Crippen molar-refractivity contribution >= 4 is 35.2 Å². The normalized spacial score (nSPS) is 17.2. The quantitative estimate of drug-likeness (QED) is 0.524. The number of carbonyl (C=O) groups excluding carboxylic acids is 2. The Kier molecular flexibility index (Phi) is 4.37. The van der Waals surface area contributed by atoms with Gasteiger partial charge in [0.25, 0.3) is 11.8 Å². The lowest BCUT2D eigenvalue weighted by Gasteiger charge is -2.27. The topological polar surface area (TPSA) is 58.6 Å². The highest BCUT2D eigenvalue weighted by Crippen LogP contribution is 2.21. The maximum absolute atomic E-state index is 12.3. The number of thiocarbonyl (C=S) groups is 1. The van der Waals surface area contributed by atoms with Crippen LogP contribution in [0.4, 0.5) is 0 Å². The van der Waals surface area contributed by atoms with Crippen LogP contribution >= 0.6 is 12.2 Å². The van der Waals surface area contributed by atoms with Crippen LogP contribution < -0.4 is 10.1 Å². The summed E-state index contributed by atoms with van der Waals surface area (Å²) in [4.78, 5) is 25.6. The van der Waals surface area contributed by atoms with Gasteiger partial charge in [-0.3, -0.25) is 19.8 Å². The van der Waals surface area contributed by atoms with E-state index < -0.39 is 5.91 Å². The molecule has 1 N–H and O–H groups in total. The zero-order valence-electron chi connectivity index (χ0n) is 12.1. The number of nitrogens with zero attached hydrogens (tertiary/aromatic N) is 1. The number of carbonyl (C=O) groups is 2. The van der Waals surface area contributed by atoms with Gasteiger partial charge in [-0.25, -0.2) is 0 Å². The molecule has 0 atom stereocenters. The third-order valence-electron chi connectivity index (χ3n) is 3.23. The summed E-state index contributed by atoms with van der Waals surface area (Å²) < 4.78 is 5.19. The van der Waals surface area contributed by atoms with E-state index in [9.17, 15) is 9.59 Å². The van der Waals surface area contributed by atoms with Crippen LogP contribution in [0.5, 0.6) is 5.75 Å². The molecule has 1 aliphatic rings. The van der Waals surface area contributed by atoms with Gasteiger partial charge in [0.2, 0.25) is 0 Å². The molecular formula is C15H16N2O3S. The highest BCUT2D eigenvalue weighted by molar-refractivity contribution is 7.80. The third-order valence-corrected chi connectivity index (χ3v) is 3.55. The van der Waals surface area contributed by atoms with Crippen molar-refractivity contribution in [3.05, 3.63) is 34.9 Å². The first-order chi connectivity index (χ1) is 9.97. The first kappa shape index (κ1) is 15.2. The van der Waals surface area contributed by atoms with E-state index in [-0.39, 0.29) is 16.6 Å². The van der Waals surface area contributed by atoms with Gasteiger partial charge in [-0.05, 0) is 55.4 Å². The molecule has 110 valence electrons. The van der Waals surface area contributed by atoms with Crippen molar-refractivity contribution in [2.75, 3.05) is 13.7 Å². The monoisotopic (exact) mass is 304 g/mol. The highest BCUT2D eigenvalue weighted by Gasteiger charge is 2.32. The molecule has 0 radical (unpaired) electrons. The Balaban J connectivity index is 2.39. The zero-order chi connectivity index (χ0) is 15.6. The molecule has 1 aliphatic heterocycles. The molecule has 0 bridgehead atoms. The van der Waals surface area contributed by atoms with Crippen LogP contribution in [0.15, 0.2) is 23.8 Å². The van der Waals surface area contributed by atoms with Crippen LogP contribution in [-0.4, -0.2) is 35.5 Å². The Morgan fingerprint density at radius 2 is 2.10 bits per heavy atom. The molecule has 2 rings (SSSR count). The van der Waals surface area contributed by atoms with Crippen LogP contribution in [0, 0.1) is 6.92 Å². The summed E-state index contributed by atoms with van der Waals surface area (Å²) in [6.07, 6.45) is 1.56. The van der Waals surface area contributed by atoms with Gasteiger partial charge in [-0.1, -0.05) is 6.07 Å². The van der Waals surface area contributed by atoms with E-state index in [2.05, 4.69) is 5.32 Å². The lowest BCUT2D eigenvalue weighted by atomic mass is 10.1. The summed E-state index contributed by atoms with van der Waals surface area (Å²) in [5.74, 6) is -0.0872.